The summed E-state index contributed by atoms with van der Waals surface area (Å²) in [5, 5.41) is 9.95. The van der Waals surface area contributed by atoms with Gasteiger partial charge >= 0.3 is 11.9 Å². The van der Waals surface area contributed by atoms with Gasteiger partial charge in [-0.05, 0) is 11.1 Å². The molecule has 0 bridgehead atoms. The topological polar surface area (TPSA) is 109 Å². The summed E-state index contributed by atoms with van der Waals surface area (Å²) in [5.74, 6) is -1.10. The maximum absolute atomic E-state index is 13.9. The summed E-state index contributed by atoms with van der Waals surface area (Å²) in [5.41, 5.74) is 0.319. The normalized spacial score (nSPS) is 21.8. The molecule has 9 nitrogen and oxygen atoms in total. The number of ether oxygens (including phenoxy) is 2. The first-order valence-corrected chi connectivity index (χ1v) is 13.9. The molecular formula is C28H29N3O6S2. The van der Waals surface area contributed by atoms with E-state index < -0.39 is 29.5 Å². The molecule has 0 aliphatic carbocycles. The molecule has 39 heavy (non-hydrogen) atoms. The third-order valence-electron chi connectivity index (χ3n) is 6.68. The number of hydroxylamine groups is 2. The van der Waals surface area contributed by atoms with Crippen molar-refractivity contribution in [3.8, 4) is 6.07 Å². The number of carbonyl (C=O) groups excluding carboxylic acids is 3. The quantitative estimate of drug-likeness (QED) is 0.183. The Balaban J connectivity index is 1.57. The first-order chi connectivity index (χ1) is 18.8. The number of nitriles is 1. The van der Waals surface area contributed by atoms with Crippen LogP contribution in [-0.2, 0) is 28.7 Å². The molecule has 1 amide bonds. The van der Waals surface area contributed by atoms with E-state index >= 15 is 0 Å². The molecule has 2 aromatic rings. The van der Waals surface area contributed by atoms with Crippen molar-refractivity contribution >= 4 is 46.8 Å². The molecule has 0 saturated carbocycles. The van der Waals surface area contributed by atoms with E-state index in [2.05, 4.69) is 0 Å². The molecule has 2 fully saturated rings. The van der Waals surface area contributed by atoms with Gasteiger partial charge in [0, 0.05) is 32.1 Å². The number of nitrogens with zero attached hydrogens (tertiary/aromatic N) is 3. The van der Waals surface area contributed by atoms with Gasteiger partial charge in [0.25, 0.3) is 5.91 Å². The number of thiocarbonyl (C=S) groups is 1. The van der Waals surface area contributed by atoms with Crippen LogP contribution in [0.1, 0.15) is 37.0 Å². The molecule has 0 radical (unpaired) electrons. The maximum Gasteiger partial charge on any atom is 0.319 e. The Kier molecular flexibility index (Phi) is 9.22. The van der Waals surface area contributed by atoms with Crippen molar-refractivity contribution in [3.63, 3.8) is 0 Å². The van der Waals surface area contributed by atoms with E-state index in [1.54, 1.807) is 4.90 Å². The van der Waals surface area contributed by atoms with Crippen LogP contribution in [0.15, 0.2) is 60.7 Å². The molecule has 2 heterocycles. The molecule has 2 aromatic carbocycles. The highest BCUT2D eigenvalue weighted by atomic mass is 32.2. The standard InChI is InChI=1S/C28H29N3O6S2/c1-19(32)36-17-28(27(34)37-24(20-10-5-3-6-11-20)21-12-7-4-8-13-21)16-30-25(33)23(26(30)39-18-28)31(35-2)22(38)14-9-15-29/h3-8,10-13,23-24,26H,9,14,16-18H2,1-2H3/t23?,26-,28?/m1/s1. The zero-order valence-electron chi connectivity index (χ0n) is 21.6. The van der Waals surface area contributed by atoms with Crippen LogP contribution in [0.5, 0.6) is 0 Å². The number of benzene rings is 2. The number of β-lactam (4-membered cyclic amide) rings is 1. The Morgan fingerprint density at radius 1 is 1.18 bits per heavy atom. The highest BCUT2D eigenvalue weighted by molar-refractivity contribution is 8.00. The summed E-state index contributed by atoms with van der Waals surface area (Å²) in [4.78, 5) is 46.3. The molecule has 3 atom stereocenters. The number of rotatable bonds is 10. The predicted octanol–water partition coefficient (Wildman–Crippen LogP) is 3.65. The van der Waals surface area contributed by atoms with Crippen LogP contribution in [0.4, 0.5) is 0 Å². The van der Waals surface area contributed by atoms with Gasteiger partial charge < -0.3 is 14.4 Å². The average molecular weight is 568 g/mol. The SMILES string of the molecule is CON(C(=S)CCC#N)C1C(=O)N2CC(COC(C)=O)(C(=O)OC(c3ccccc3)c3ccccc3)CS[C@H]12. The van der Waals surface area contributed by atoms with Crippen molar-refractivity contribution in [2.24, 2.45) is 5.41 Å². The Hall–Kier alpha value is -3.46. The van der Waals surface area contributed by atoms with E-state index in [1.165, 1.54) is 30.9 Å². The van der Waals surface area contributed by atoms with E-state index in [1.807, 2.05) is 66.7 Å². The monoisotopic (exact) mass is 567 g/mol. The lowest BCUT2D eigenvalue weighted by molar-refractivity contribution is -0.186. The fraction of sp³-hybridized carbons (Fsp3) is 0.393. The third kappa shape index (κ3) is 6.08. The van der Waals surface area contributed by atoms with Crippen LogP contribution >= 0.6 is 24.0 Å². The minimum atomic E-state index is -1.27. The van der Waals surface area contributed by atoms with Gasteiger partial charge in [-0.1, -0.05) is 72.9 Å². The number of amides is 1. The molecule has 2 aliphatic rings. The van der Waals surface area contributed by atoms with E-state index in [0.29, 0.717) is 11.4 Å². The number of fused-ring (bicyclic) bond motifs is 1. The van der Waals surface area contributed by atoms with Crippen molar-refractivity contribution < 1.29 is 28.7 Å². The number of hydrogen-bond acceptors (Lipinski definition) is 9. The van der Waals surface area contributed by atoms with Crippen LogP contribution in [0.25, 0.3) is 0 Å². The van der Waals surface area contributed by atoms with Crippen LogP contribution in [-0.4, -0.2) is 70.2 Å². The van der Waals surface area contributed by atoms with Crippen LogP contribution in [0, 0.1) is 16.7 Å². The molecule has 0 spiro atoms. The lowest BCUT2D eigenvalue weighted by Gasteiger charge is -2.55. The highest BCUT2D eigenvalue weighted by Crippen LogP contribution is 2.45. The lowest BCUT2D eigenvalue weighted by Crippen LogP contribution is -2.74. The van der Waals surface area contributed by atoms with Gasteiger partial charge in [0.15, 0.2) is 12.1 Å². The van der Waals surface area contributed by atoms with Gasteiger partial charge in [0.2, 0.25) is 0 Å². The first kappa shape index (κ1) is 28.5. The van der Waals surface area contributed by atoms with Crippen molar-refractivity contribution in [2.75, 3.05) is 26.0 Å². The van der Waals surface area contributed by atoms with Crippen molar-refractivity contribution in [1.82, 2.24) is 9.96 Å². The lowest BCUT2D eigenvalue weighted by atomic mass is 9.87. The minimum Gasteiger partial charge on any atom is -0.465 e. The summed E-state index contributed by atoms with van der Waals surface area (Å²) in [6.45, 7) is 1.07. The smallest absolute Gasteiger partial charge is 0.319 e. The minimum absolute atomic E-state index is 0.0188. The Labute approximate surface area is 236 Å². The van der Waals surface area contributed by atoms with Crippen molar-refractivity contribution in [1.29, 1.82) is 5.26 Å². The second kappa shape index (κ2) is 12.6. The van der Waals surface area contributed by atoms with E-state index in [9.17, 15) is 14.4 Å². The van der Waals surface area contributed by atoms with Crippen LogP contribution in [0.3, 0.4) is 0 Å². The van der Waals surface area contributed by atoms with Gasteiger partial charge in [-0.3, -0.25) is 19.2 Å². The fourth-order valence-electron chi connectivity index (χ4n) is 4.66. The molecule has 4 rings (SSSR count). The maximum atomic E-state index is 13.9. The predicted molar refractivity (Wildman–Crippen MR) is 148 cm³/mol. The molecule has 2 unspecified atom stereocenters. The summed E-state index contributed by atoms with van der Waals surface area (Å²) in [6.07, 6.45) is -0.176. The average Bonchev–Trinajstić information content (AvgIpc) is 2.96. The molecule has 2 aliphatic heterocycles. The number of esters is 2. The van der Waals surface area contributed by atoms with E-state index in [0.717, 1.165) is 11.1 Å². The Morgan fingerprint density at radius 2 is 1.79 bits per heavy atom. The van der Waals surface area contributed by atoms with Crippen LogP contribution < -0.4 is 0 Å². The Bertz CT molecular complexity index is 1220. The summed E-state index contributed by atoms with van der Waals surface area (Å²) < 4.78 is 11.5. The molecule has 0 N–H and O–H groups in total. The van der Waals surface area contributed by atoms with Crippen LogP contribution in [0.2, 0.25) is 0 Å². The van der Waals surface area contributed by atoms with E-state index in [4.69, 9.17) is 31.8 Å². The highest BCUT2D eigenvalue weighted by Gasteiger charge is 2.60. The largest absolute Gasteiger partial charge is 0.465 e. The molecular weight excluding hydrogens is 538 g/mol. The van der Waals surface area contributed by atoms with Gasteiger partial charge in [0.1, 0.15) is 22.4 Å². The second-order valence-electron chi connectivity index (χ2n) is 9.34. The molecule has 0 aromatic heterocycles. The number of thioether (sulfide) groups is 1. The van der Waals surface area contributed by atoms with Gasteiger partial charge in [-0.25, -0.2) is 5.06 Å². The molecule has 11 heteroatoms. The van der Waals surface area contributed by atoms with E-state index in [-0.39, 0.29) is 36.6 Å². The summed E-state index contributed by atoms with van der Waals surface area (Å²) in [7, 11) is 1.43. The summed E-state index contributed by atoms with van der Waals surface area (Å²) in [6, 6.07) is 20.2. The molecule has 204 valence electrons. The van der Waals surface area contributed by atoms with Gasteiger partial charge in [0.05, 0.1) is 13.2 Å². The van der Waals surface area contributed by atoms with Gasteiger partial charge in [-0.15, -0.1) is 11.8 Å². The second-order valence-corrected chi connectivity index (χ2v) is 10.9. The molecule has 2 saturated heterocycles. The van der Waals surface area contributed by atoms with Gasteiger partial charge in [-0.2, -0.15) is 5.26 Å². The Morgan fingerprint density at radius 3 is 2.33 bits per heavy atom. The number of carbonyl (C=O) groups is 3. The third-order valence-corrected chi connectivity index (χ3v) is 8.63. The fourth-order valence-corrected chi connectivity index (χ4v) is 6.50. The summed E-state index contributed by atoms with van der Waals surface area (Å²) >= 11 is 6.78. The number of hydrogen-bond donors (Lipinski definition) is 0. The first-order valence-electron chi connectivity index (χ1n) is 12.4. The zero-order chi connectivity index (χ0) is 28.0. The van der Waals surface area contributed by atoms with Crippen molar-refractivity contribution in [3.05, 3.63) is 71.8 Å². The zero-order valence-corrected chi connectivity index (χ0v) is 23.3. The van der Waals surface area contributed by atoms with Crippen molar-refractivity contribution in [2.45, 2.75) is 37.3 Å².